The van der Waals surface area contributed by atoms with E-state index < -0.39 is 14.6 Å². The highest BCUT2D eigenvalue weighted by Gasteiger charge is 2.31. The summed E-state index contributed by atoms with van der Waals surface area (Å²) in [6, 6.07) is 7.13. The summed E-state index contributed by atoms with van der Waals surface area (Å²) in [6.45, 7) is 5.51. The van der Waals surface area contributed by atoms with Crippen LogP contribution in [-0.2, 0) is 16.4 Å². The smallest absolute Gasteiger partial charge is 0.200 e. The number of nitrogens with zero attached hydrogens (tertiary/aromatic N) is 3. The molecule has 0 spiro atoms. The molecule has 1 N–H and O–H groups in total. The highest BCUT2D eigenvalue weighted by Crippen LogP contribution is 2.24. The van der Waals surface area contributed by atoms with Gasteiger partial charge >= 0.3 is 0 Å². The van der Waals surface area contributed by atoms with Crippen molar-refractivity contribution >= 4 is 37.1 Å². The molecule has 25 heavy (non-hydrogen) atoms. The van der Waals surface area contributed by atoms with E-state index >= 15 is 0 Å². The minimum atomic E-state index is -3.44. The number of aromatic nitrogens is 3. The van der Waals surface area contributed by atoms with Gasteiger partial charge in [0.1, 0.15) is 5.65 Å². The predicted octanol–water partition coefficient (Wildman–Crippen LogP) is 3.68. The molecule has 0 unspecified atom stereocenters. The van der Waals surface area contributed by atoms with E-state index in [1.807, 2.05) is 28.9 Å². The van der Waals surface area contributed by atoms with Gasteiger partial charge in [-0.05, 0) is 61.0 Å². The number of fused-ring (bicyclic) bond motifs is 1. The van der Waals surface area contributed by atoms with Crippen molar-refractivity contribution in [3.8, 4) is 0 Å². The fourth-order valence-electron chi connectivity index (χ4n) is 2.25. The van der Waals surface area contributed by atoms with Gasteiger partial charge in [-0.25, -0.2) is 18.4 Å². The van der Waals surface area contributed by atoms with Gasteiger partial charge in [-0.15, -0.1) is 0 Å². The topological polar surface area (TPSA) is 76.4 Å². The van der Waals surface area contributed by atoms with Crippen molar-refractivity contribution in [1.82, 2.24) is 14.4 Å². The molecule has 0 amide bonds. The van der Waals surface area contributed by atoms with Crippen LogP contribution in [-0.4, -0.2) is 27.5 Å². The molecule has 132 valence electrons. The quantitative estimate of drug-likeness (QED) is 0.693. The number of pyridine rings is 2. The van der Waals surface area contributed by atoms with Crippen LogP contribution in [0.25, 0.3) is 5.65 Å². The maximum atomic E-state index is 12.4. The number of sulfone groups is 1. The van der Waals surface area contributed by atoms with Crippen molar-refractivity contribution in [2.75, 3.05) is 5.32 Å². The number of hydrogen-bond acceptors (Lipinski definition) is 5. The Morgan fingerprint density at radius 3 is 2.56 bits per heavy atom. The molecule has 3 heterocycles. The molecule has 0 aliphatic heterocycles. The first-order chi connectivity index (χ1) is 11.7. The second-order valence-corrected chi connectivity index (χ2v) is 10.3. The van der Waals surface area contributed by atoms with Crippen LogP contribution in [0.1, 0.15) is 26.5 Å². The van der Waals surface area contributed by atoms with E-state index in [2.05, 4.69) is 31.2 Å². The number of nitrogens with one attached hydrogen (secondary N) is 1. The molecule has 0 aromatic carbocycles. The number of hydrogen-bond donors (Lipinski definition) is 1. The van der Waals surface area contributed by atoms with Crippen LogP contribution in [0.5, 0.6) is 0 Å². The molecule has 6 nitrogen and oxygen atoms in total. The van der Waals surface area contributed by atoms with Gasteiger partial charge in [0, 0.05) is 16.9 Å². The Kier molecular flexibility index (Phi) is 4.59. The SMILES string of the molecule is CC(C)(C)S(=O)(=O)c1ccc(NCc2cn3cc(Br)ccc3n2)cn1. The average molecular weight is 423 g/mol. The molecule has 0 aliphatic rings. The second kappa shape index (κ2) is 6.42. The summed E-state index contributed by atoms with van der Waals surface area (Å²) in [4.78, 5) is 8.62. The van der Waals surface area contributed by atoms with E-state index in [1.165, 1.54) is 12.3 Å². The van der Waals surface area contributed by atoms with E-state index in [4.69, 9.17) is 0 Å². The van der Waals surface area contributed by atoms with Gasteiger partial charge in [0.15, 0.2) is 14.9 Å². The number of anilines is 1. The third kappa shape index (κ3) is 3.69. The lowest BCUT2D eigenvalue weighted by molar-refractivity contribution is 0.556. The first-order valence-electron chi connectivity index (χ1n) is 7.74. The minimum Gasteiger partial charge on any atom is -0.378 e. The van der Waals surface area contributed by atoms with Gasteiger partial charge in [-0.2, -0.15) is 0 Å². The Balaban J connectivity index is 1.73. The van der Waals surface area contributed by atoms with Gasteiger partial charge in [0.25, 0.3) is 0 Å². The highest BCUT2D eigenvalue weighted by molar-refractivity contribution is 9.10. The lowest BCUT2D eigenvalue weighted by Gasteiger charge is -2.18. The minimum absolute atomic E-state index is 0.0862. The Morgan fingerprint density at radius 1 is 1.16 bits per heavy atom. The third-order valence-electron chi connectivity index (χ3n) is 3.76. The summed E-state index contributed by atoms with van der Waals surface area (Å²) < 4.78 is 26.8. The Bertz CT molecular complexity index is 1010. The number of imidazole rings is 1. The van der Waals surface area contributed by atoms with Crippen LogP contribution < -0.4 is 5.32 Å². The van der Waals surface area contributed by atoms with Crippen molar-refractivity contribution in [2.45, 2.75) is 37.1 Å². The van der Waals surface area contributed by atoms with Gasteiger partial charge in [0.2, 0.25) is 0 Å². The largest absolute Gasteiger partial charge is 0.378 e. The molecule has 3 aromatic rings. The van der Waals surface area contributed by atoms with Gasteiger partial charge < -0.3 is 9.72 Å². The van der Waals surface area contributed by atoms with E-state index in [9.17, 15) is 8.42 Å². The average Bonchev–Trinajstić information content (AvgIpc) is 2.94. The molecule has 0 fully saturated rings. The zero-order valence-electron chi connectivity index (χ0n) is 14.2. The molecule has 0 saturated heterocycles. The van der Waals surface area contributed by atoms with Crippen LogP contribution in [0.4, 0.5) is 5.69 Å². The van der Waals surface area contributed by atoms with E-state index in [0.717, 1.165) is 21.5 Å². The summed E-state index contributed by atoms with van der Waals surface area (Å²) in [7, 11) is -3.44. The van der Waals surface area contributed by atoms with Crippen molar-refractivity contribution < 1.29 is 8.42 Å². The van der Waals surface area contributed by atoms with Crippen molar-refractivity contribution in [3.63, 3.8) is 0 Å². The summed E-state index contributed by atoms with van der Waals surface area (Å²) in [5, 5.41) is 3.30. The Hall–Kier alpha value is -1.93. The maximum Gasteiger partial charge on any atom is 0.200 e. The summed E-state index contributed by atoms with van der Waals surface area (Å²) in [5.74, 6) is 0. The molecule has 0 saturated carbocycles. The molecule has 0 radical (unpaired) electrons. The van der Waals surface area contributed by atoms with E-state index in [-0.39, 0.29) is 5.03 Å². The fraction of sp³-hybridized carbons (Fsp3) is 0.294. The van der Waals surface area contributed by atoms with Crippen molar-refractivity contribution in [2.24, 2.45) is 0 Å². The standard InChI is InChI=1S/C17H19BrN4O2S/c1-17(2,3)25(23,24)16-7-5-13(8-20-16)19-9-14-11-22-10-12(18)4-6-15(22)21-14/h4-8,10-11,19H,9H2,1-3H3. The lowest BCUT2D eigenvalue weighted by Crippen LogP contribution is -2.28. The zero-order valence-corrected chi connectivity index (χ0v) is 16.6. The Morgan fingerprint density at radius 2 is 1.92 bits per heavy atom. The molecule has 0 aliphatic carbocycles. The van der Waals surface area contributed by atoms with Crippen LogP contribution in [0.3, 0.4) is 0 Å². The van der Waals surface area contributed by atoms with Gasteiger partial charge in [-0.1, -0.05) is 0 Å². The summed E-state index contributed by atoms with van der Waals surface area (Å²) in [5.41, 5.74) is 2.49. The number of halogens is 1. The van der Waals surface area contributed by atoms with Crippen LogP contribution in [0.2, 0.25) is 0 Å². The number of rotatable bonds is 4. The second-order valence-electron chi connectivity index (χ2n) is 6.70. The zero-order chi connectivity index (χ0) is 18.2. The van der Waals surface area contributed by atoms with Crippen LogP contribution in [0.15, 0.2) is 52.4 Å². The molecule has 3 aromatic heterocycles. The normalized spacial score (nSPS) is 12.5. The molecule has 8 heteroatoms. The van der Waals surface area contributed by atoms with E-state index in [1.54, 1.807) is 26.8 Å². The first-order valence-corrected chi connectivity index (χ1v) is 10.0. The Labute approximate surface area is 155 Å². The van der Waals surface area contributed by atoms with Gasteiger partial charge in [0.05, 0.1) is 28.9 Å². The van der Waals surface area contributed by atoms with Crippen LogP contribution >= 0.6 is 15.9 Å². The third-order valence-corrected chi connectivity index (χ3v) is 6.63. The van der Waals surface area contributed by atoms with E-state index in [0.29, 0.717) is 6.54 Å². The van der Waals surface area contributed by atoms with Crippen molar-refractivity contribution in [1.29, 1.82) is 0 Å². The first kappa shape index (κ1) is 17.9. The molecule has 3 rings (SSSR count). The molecule has 0 atom stereocenters. The summed E-state index contributed by atoms with van der Waals surface area (Å²) in [6.07, 6.45) is 5.42. The van der Waals surface area contributed by atoms with Crippen LogP contribution in [0, 0.1) is 0 Å². The molecular weight excluding hydrogens is 404 g/mol. The lowest BCUT2D eigenvalue weighted by atomic mass is 10.3. The maximum absolute atomic E-state index is 12.4. The highest BCUT2D eigenvalue weighted by atomic mass is 79.9. The summed E-state index contributed by atoms with van der Waals surface area (Å²) >= 11 is 3.43. The fourth-order valence-corrected chi connectivity index (χ4v) is 3.67. The molecular formula is C17H19BrN4O2S. The monoisotopic (exact) mass is 422 g/mol. The van der Waals surface area contributed by atoms with Gasteiger partial charge in [-0.3, -0.25) is 0 Å². The molecule has 0 bridgehead atoms. The van der Waals surface area contributed by atoms with Crippen molar-refractivity contribution in [3.05, 3.63) is 53.0 Å². The predicted molar refractivity (Wildman–Crippen MR) is 101 cm³/mol.